The molecule has 1 aromatic rings. The first-order valence-electron chi connectivity index (χ1n) is 8.26. The van der Waals surface area contributed by atoms with Crippen LogP contribution in [0.25, 0.3) is 0 Å². The highest BCUT2D eigenvalue weighted by molar-refractivity contribution is 5.92. The minimum atomic E-state index is -4.40. The minimum absolute atomic E-state index is 0. The third-order valence-corrected chi connectivity index (χ3v) is 4.43. The summed E-state index contributed by atoms with van der Waals surface area (Å²) in [5.41, 5.74) is -0.442. The first-order valence-corrected chi connectivity index (χ1v) is 8.26. The maximum atomic E-state index is 12.5. The predicted molar refractivity (Wildman–Crippen MR) is 97.0 cm³/mol. The fourth-order valence-electron chi connectivity index (χ4n) is 3.01. The Hall–Kier alpha value is -1.84. The third kappa shape index (κ3) is 7.36. The van der Waals surface area contributed by atoms with E-state index in [1.165, 1.54) is 12.1 Å². The smallest absolute Gasteiger partial charge is 0.416 e. The zero-order valence-electron chi connectivity index (χ0n) is 14.8. The number of carbonyl (C=O) groups is 2. The molecule has 0 aromatic heterocycles. The Morgan fingerprint density at radius 2 is 1.78 bits per heavy atom. The van der Waals surface area contributed by atoms with Crippen LogP contribution in [0.5, 0.6) is 0 Å². The number of alkyl halides is 3. The van der Waals surface area contributed by atoms with Crippen LogP contribution in [0.15, 0.2) is 24.3 Å². The van der Waals surface area contributed by atoms with Gasteiger partial charge in [-0.2, -0.15) is 13.2 Å². The van der Waals surface area contributed by atoms with Crippen LogP contribution in [-0.2, 0) is 15.8 Å². The number of carbonyl (C=O) groups excluding carboxylic acids is 1. The Kier molecular flexibility index (Phi) is 8.52. The lowest BCUT2D eigenvalue weighted by atomic mass is 10.0. The van der Waals surface area contributed by atoms with E-state index in [4.69, 9.17) is 5.11 Å². The van der Waals surface area contributed by atoms with Crippen molar-refractivity contribution in [2.45, 2.75) is 25.1 Å². The summed E-state index contributed by atoms with van der Waals surface area (Å²) in [5, 5.41) is 11.4. The number of halogens is 4. The van der Waals surface area contributed by atoms with Gasteiger partial charge in [-0.3, -0.25) is 19.4 Å². The van der Waals surface area contributed by atoms with Crippen molar-refractivity contribution in [3.63, 3.8) is 0 Å². The van der Waals surface area contributed by atoms with Crippen molar-refractivity contribution in [2.24, 2.45) is 0 Å². The molecule has 0 saturated carbocycles. The van der Waals surface area contributed by atoms with Crippen LogP contribution in [0.3, 0.4) is 0 Å². The first kappa shape index (κ1) is 23.2. The summed E-state index contributed by atoms with van der Waals surface area (Å²) in [4.78, 5) is 26.5. The van der Waals surface area contributed by atoms with Gasteiger partial charge in [-0.25, -0.2) is 0 Å². The summed E-state index contributed by atoms with van der Waals surface area (Å²) in [6.45, 7) is 1.46. The predicted octanol–water partition coefficient (Wildman–Crippen LogP) is 2.55. The van der Waals surface area contributed by atoms with E-state index in [0.29, 0.717) is 18.8 Å². The van der Waals surface area contributed by atoms with Gasteiger partial charge in [0.1, 0.15) is 0 Å². The summed E-state index contributed by atoms with van der Waals surface area (Å²) < 4.78 is 37.6. The molecular formula is C17H23ClF3N3O3. The topological polar surface area (TPSA) is 72.9 Å². The highest BCUT2D eigenvalue weighted by Crippen LogP contribution is 2.29. The molecule has 27 heavy (non-hydrogen) atoms. The van der Waals surface area contributed by atoms with Crippen LogP contribution in [-0.4, -0.2) is 66.1 Å². The SMILES string of the molecule is CN(CC(=O)O)C1CCN(CC(=O)Nc2ccc(C(F)(F)F)cc2)CC1.Cl. The number of nitrogens with zero attached hydrogens (tertiary/aromatic N) is 2. The van der Waals surface area contributed by atoms with Crippen LogP contribution in [0, 0.1) is 0 Å². The average Bonchev–Trinajstić information content (AvgIpc) is 2.54. The largest absolute Gasteiger partial charge is 0.480 e. The van der Waals surface area contributed by atoms with Crippen molar-refractivity contribution in [1.29, 1.82) is 0 Å². The van der Waals surface area contributed by atoms with Gasteiger partial charge in [-0.15, -0.1) is 12.4 Å². The quantitative estimate of drug-likeness (QED) is 0.755. The molecule has 2 N–H and O–H groups in total. The van der Waals surface area contributed by atoms with Crippen LogP contribution in [0.1, 0.15) is 18.4 Å². The van der Waals surface area contributed by atoms with E-state index < -0.39 is 17.7 Å². The van der Waals surface area contributed by atoms with Gasteiger partial charge >= 0.3 is 12.1 Å². The molecule has 6 nitrogen and oxygen atoms in total. The molecule has 0 radical (unpaired) electrons. The molecule has 0 atom stereocenters. The summed E-state index contributed by atoms with van der Waals surface area (Å²) >= 11 is 0. The van der Waals surface area contributed by atoms with Gasteiger partial charge in [0.05, 0.1) is 18.7 Å². The molecule has 1 saturated heterocycles. The Morgan fingerprint density at radius 1 is 1.22 bits per heavy atom. The number of piperidine rings is 1. The fraction of sp³-hybridized carbons (Fsp3) is 0.529. The van der Waals surface area contributed by atoms with E-state index in [1.54, 1.807) is 11.9 Å². The molecule has 152 valence electrons. The van der Waals surface area contributed by atoms with E-state index in [0.717, 1.165) is 25.0 Å². The third-order valence-electron chi connectivity index (χ3n) is 4.43. The molecule has 1 aromatic carbocycles. The summed E-state index contributed by atoms with van der Waals surface area (Å²) in [6, 6.07) is 4.49. The summed E-state index contributed by atoms with van der Waals surface area (Å²) in [5.74, 6) is -1.16. The lowest BCUT2D eigenvalue weighted by Crippen LogP contribution is -2.46. The summed E-state index contributed by atoms with van der Waals surface area (Å²) in [7, 11) is 1.77. The lowest BCUT2D eigenvalue weighted by Gasteiger charge is -2.35. The van der Waals surface area contributed by atoms with Crippen molar-refractivity contribution in [1.82, 2.24) is 9.80 Å². The lowest BCUT2D eigenvalue weighted by molar-refractivity contribution is -0.139. The van der Waals surface area contributed by atoms with Crippen molar-refractivity contribution in [3.8, 4) is 0 Å². The highest BCUT2D eigenvalue weighted by Gasteiger charge is 2.30. The normalized spacial score (nSPS) is 16.0. The average molecular weight is 410 g/mol. The van der Waals surface area contributed by atoms with Crippen LogP contribution < -0.4 is 5.32 Å². The van der Waals surface area contributed by atoms with Crippen molar-refractivity contribution < 1.29 is 27.9 Å². The molecule has 10 heteroatoms. The van der Waals surface area contributed by atoms with Crippen molar-refractivity contribution >= 4 is 30.0 Å². The Morgan fingerprint density at radius 3 is 2.26 bits per heavy atom. The molecule has 0 spiro atoms. The number of rotatable bonds is 6. The molecule has 1 aliphatic heterocycles. The van der Waals surface area contributed by atoms with E-state index in [1.807, 2.05) is 4.90 Å². The second-order valence-electron chi connectivity index (χ2n) is 6.44. The number of likely N-dealkylation sites (tertiary alicyclic amines) is 1. The van der Waals surface area contributed by atoms with Gasteiger partial charge in [0.2, 0.25) is 5.91 Å². The molecule has 1 aliphatic rings. The van der Waals surface area contributed by atoms with E-state index >= 15 is 0 Å². The van der Waals surface area contributed by atoms with Gasteiger partial charge in [0.25, 0.3) is 0 Å². The number of carboxylic acid groups (broad SMARTS) is 1. The number of hydrogen-bond donors (Lipinski definition) is 2. The van der Waals surface area contributed by atoms with E-state index in [2.05, 4.69) is 5.32 Å². The number of aliphatic carboxylic acids is 1. The number of likely N-dealkylation sites (N-methyl/N-ethyl adjacent to an activating group) is 1. The van der Waals surface area contributed by atoms with E-state index in [-0.39, 0.29) is 37.4 Å². The number of anilines is 1. The van der Waals surface area contributed by atoms with Crippen molar-refractivity contribution in [2.75, 3.05) is 38.5 Å². The number of nitrogens with one attached hydrogen (secondary N) is 1. The minimum Gasteiger partial charge on any atom is -0.480 e. The zero-order chi connectivity index (χ0) is 19.3. The van der Waals surface area contributed by atoms with Gasteiger partial charge in [-0.05, 0) is 44.2 Å². The number of hydrogen-bond acceptors (Lipinski definition) is 4. The zero-order valence-corrected chi connectivity index (χ0v) is 15.6. The van der Waals surface area contributed by atoms with Crippen molar-refractivity contribution in [3.05, 3.63) is 29.8 Å². The molecule has 1 fully saturated rings. The molecule has 1 amide bonds. The Labute approximate surface area is 161 Å². The second kappa shape index (κ2) is 9.91. The van der Waals surface area contributed by atoms with Crippen LogP contribution in [0.4, 0.5) is 18.9 Å². The molecular weight excluding hydrogens is 387 g/mol. The highest BCUT2D eigenvalue weighted by atomic mass is 35.5. The fourth-order valence-corrected chi connectivity index (χ4v) is 3.01. The molecule has 2 rings (SSSR count). The van der Waals surface area contributed by atoms with Gasteiger partial charge in [0.15, 0.2) is 0 Å². The monoisotopic (exact) mass is 409 g/mol. The van der Waals surface area contributed by atoms with Gasteiger partial charge in [-0.1, -0.05) is 0 Å². The maximum absolute atomic E-state index is 12.5. The maximum Gasteiger partial charge on any atom is 0.416 e. The molecule has 0 bridgehead atoms. The van der Waals surface area contributed by atoms with E-state index in [9.17, 15) is 22.8 Å². The molecule has 0 aliphatic carbocycles. The van der Waals surface area contributed by atoms with Gasteiger partial charge in [0, 0.05) is 24.8 Å². The van der Waals surface area contributed by atoms with Crippen LogP contribution in [0.2, 0.25) is 0 Å². The summed E-state index contributed by atoms with van der Waals surface area (Å²) in [6.07, 6.45) is -2.88. The molecule has 0 unspecified atom stereocenters. The van der Waals surface area contributed by atoms with Gasteiger partial charge < -0.3 is 10.4 Å². The number of benzene rings is 1. The first-order chi connectivity index (χ1) is 12.1. The molecule has 1 heterocycles. The second-order valence-corrected chi connectivity index (χ2v) is 6.44. The number of amides is 1. The number of carboxylic acids is 1. The Bertz CT molecular complexity index is 633. The Balaban J connectivity index is 0.00000364. The van der Waals surface area contributed by atoms with Crippen LogP contribution >= 0.6 is 12.4 Å². The standard InChI is InChI=1S/C17H22F3N3O3.ClH/c1-22(11-16(25)26)14-6-8-23(9-7-14)10-15(24)21-13-4-2-12(3-5-13)17(18,19)20;/h2-5,14H,6-11H2,1H3,(H,21,24)(H,25,26);1H.